The van der Waals surface area contributed by atoms with E-state index in [1.165, 1.54) is 31.2 Å². The fraction of sp³-hybridized carbons (Fsp3) is 0.714. The number of thiophene rings is 1. The second kappa shape index (κ2) is 8.67. The summed E-state index contributed by atoms with van der Waals surface area (Å²) in [4.78, 5) is 0. The normalized spacial score (nSPS) is 14.8. The standard InChI is InChI=1S/C14H25NOS/c1-3-4-5-6-7-12(2)16-14(10-15)13-8-9-17-11-13/h8-9,11-12,14H,3-7,10,15H2,1-2H3. The Bertz CT molecular complexity index is 274. The Balaban J connectivity index is 2.26. The number of unbranched alkanes of at least 4 members (excludes halogenated alkanes) is 3. The van der Waals surface area contributed by atoms with Crippen LogP contribution in [0.1, 0.15) is 57.6 Å². The molecule has 2 atom stereocenters. The zero-order chi connectivity index (χ0) is 12.5. The molecule has 0 aromatic carbocycles. The molecule has 0 aliphatic heterocycles. The topological polar surface area (TPSA) is 35.2 Å². The van der Waals surface area contributed by atoms with Crippen molar-refractivity contribution in [1.82, 2.24) is 0 Å². The average Bonchev–Trinajstić information content (AvgIpc) is 2.85. The van der Waals surface area contributed by atoms with Gasteiger partial charge in [0.15, 0.2) is 0 Å². The van der Waals surface area contributed by atoms with Gasteiger partial charge in [-0.15, -0.1) is 0 Å². The van der Waals surface area contributed by atoms with Crippen LogP contribution in [0.5, 0.6) is 0 Å². The molecule has 0 aliphatic carbocycles. The molecule has 1 aromatic rings. The first-order chi connectivity index (χ1) is 8.27. The second-order valence-electron chi connectivity index (χ2n) is 4.58. The zero-order valence-electron chi connectivity index (χ0n) is 11.0. The number of ether oxygens (including phenoxy) is 1. The summed E-state index contributed by atoms with van der Waals surface area (Å²) in [5.74, 6) is 0. The minimum Gasteiger partial charge on any atom is -0.369 e. The Morgan fingerprint density at radius 1 is 1.35 bits per heavy atom. The third-order valence-corrected chi connectivity index (χ3v) is 3.69. The summed E-state index contributed by atoms with van der Waals surface area (Å²) in [6.45, 7) is 4.96. The lowest BCUT2D eigenvalue weighted by Gasteiger charge is -2.20. The van der Waals surface area contributed by atoms with Gasteiger partial charge in [-0.2, -0.15) is 11.3 Å². The van der Waals surface area contributed by atoms with Crippen molar-refractivity contribution in [3.8, 4) is 0 Å². The number of nitrogens with two attached hydrogens (primary N) is 1. The van der Waals surface area contributed by atoms with E-state index in [0.717, 1.165) is 6.42 Å². The van der Waals surface area contributed by atoms with Crippen molar-refractivity contribution in [2.45, 2.75) is 58.2 Å². The van der Waals surface area contributed by atoms with E-state index < -0.39 is 0 Å². The molecular formula is C14H25NOS. The Kier molecular flexibility index (Phi) is 7.49. The second-order valence-corrected chi connectivity index (χ2v) is 5.36. The molecule has 1 rings (SSSR count). The highest BCUT2D eigenvalue weighted by atomic mass is 32.1. The monoisotopic (exact) mass is 255 g/mol. The van der Waals surface area contributed by atoms with E-state index in [1.54, 1.807) is 11.3 Å². The van der Waals surface area contributed by atoms with Crippen LogP contribution in [0, 0.1) is 0 Å². The molecule has 2 nitrogen and oxygen atoms in total. The summed E-state index contributed by atoms with van der Waals surface area (Å²) in [7, 11) is 0. The SMILES string of the molecule is CCCCCCC(C)OC(CN)c1ccsc1. The molecule has 0 amide bonds. The minimum atomic E-state index is 0.0717. The summed E-state index contributed by atoms with van der Waals surface area (Å²) in [5.41, 5.74) is 6.99. The average molecular weight is 255 g/mol. The Labute approximate surface area is 109 Å². The number of hydrogen-bond donors (Lipinski definition) is 1. The predicted octanol–water partition coefficient (Wildman–Crippen LogP) is 4.12. The van der Waals surface area contributed by atoms with Crippen molar-refractivity contribution in [2.75, 3.05) is 6.54 Å². The first kappa shape index (κ1) is 14.7. The Hall–Kier alpha value is -0.380. The molecule has 17 heavy (non-hydrogen) atoms. The van der Waals surface area contributed by atoms with Crippen LogP contribution in [0.3, 0.4) is 0 Å². The van der Waals surface area contributed by atoms with E-state index in [4.69, 9.17) is 10.5 Å². The smallest absolute Gasteiger partial charge is 0.0958 e. The Morgan fingerprint density at radius 2 is 2.18 bits per heavy atom. The van der Waals surface area contributed by atoms with Crippen molar-refractivity contribution >= 4 is 11.3 Å². The minimum absolute atomic E-state index is 0.0717. The van der Waals surface area contributed by atoms with Crippen LogP contribution in [0.2, 0.25) is 0 Å². The van der Waals surface area contributed by atoms with Gasteiger partial charge in [0.25, 0.3) is 0 Å². The molecule has 0 saturated carbocycles. The highest BCUT2D eigenvalue weighted by Crippen LogP contribution is 2.22. The van der Waals surface area contributed by atoms with Crippen LogP contribution >= 0.6 is 11.3 Å². The highest BCUT2D eigenvalue weighted by molar-refractivity contribution is 7.07. The Morgan fingerprint density at radius 3 is 2.76 bits per heavy atom. The first-order valence-electron chi connectivity index (χ1n) is 6.65. The van der Waals surface area contributed by atoms with Gasteiger partial charge in [0, 0.05) is 6.54 Å². The maximum absolute atomic E-state index is 6.01. The van der Waals surface area contributed by atoms with Crippen molar-refractivity contribution in [1.29, 1.82) is 0 Å². The third-order valence-electron chi connectivity index (χ3n) is 2.99. The third kappa shape index (κ3) is 5.66. The quantitative estimate of drug-likeness (QED) is 0.674. The van der Waals surface area contributed by atoms with Gasteiger partial charge in [0.05, 0.1) is 12.2 Å². The molecule has 98 valence electrons. The fourth-order valence-electron chi connectivity index (χ4n) is 1.94. The zero-order valence-corrected chi connectivity index (χ0v) is 11.8. The largest absolute Gasteiger partial charge is 0.369 e. The summed E-state index contributed by atoms with van der Waals surface area (Å²) < 4.78 is 6.01. The van der Waals surface area contributed by atoms with Crippen LogP contribution in [-0.2, 0) is 4.74 Å². The molecule has 1 aromatic heterocycles. The van der Waals surface area contributed by atoms with Crippen LogP contribution < -0.4 is 5.73 Å². The number of rotatable bonds is 9. The van der Waals surface area contributed by atoms with Gasteiger partial charge in [-0.25, -0.2) is 0 Å². The fourth-order valence-corrected chi connectivity index (χ4v) is 2.64. The van der Waals surface area contributed by atoms with Crippen molar-refractivity contribution in [2.24, 2.45) is 5.73 Å². The lowest BCUT2D eigenvalue weighted by molar-refractivity contribution is -0.00352. The molecule has 0 fully saturated rings. The molecule has 2 N–H and O–H groups in total. The van der Waals surface area contributed by atoms with Crippen LogP contribution in [-0.4, -0.2) is 12.6 Å². The van der Waals surface area contributed by atoms with E-state index in [2.05, 4.69) is 30.7 Å². The molecule has 0 radical (unpaired) electrons. The van der Waals surface area contributed by atoms with Gasteiger partial charge in [0.2, 0.25) is 0 Å². The molecular weight excluding hydrogens is 230 g/mol. The van der Waals surface area contributed by atoms with Gasteiger partial charge in [-0.3, -0.25) is 0 Å². The lowest BCUT2D eigenvalue weighted by Crippen LogP contribution is -2.20. The lowest BCUT2D eigenvalue weighted by atomic mass is 10.1. The van der Waals surface area contributed by atoms with Crippen molar-refractivity contribution in [3.05, 3.63) is 22.4 Å². The highest BCUT2D eigenvalue weighted by Gasteiger charge is 2.14. The van der Waals surface area contributed by atoms with Crippen molar-refractivity contribution in [3.63, 3.8) is 0 Å². The molecule has 2 unspecified atom stereocenters. The van der Waals surface area contributed by atoms with Gasteiger partial charge in [-0.1, -0.05) is 32.6 Å². The van der Waals surface area contributed by atoms with E-state index in [1.807, 2.05) is 0 Å². The van der Waals surface area contributed by atoms with Crippen LogP contribution in [0.4, 0.5) is 0 Å². The summed E-state index contributed by atoms with van der Waals surface area (Å²) >= 11 is 1.70. The molecule has 3 heteroatoms. The van der Waals surface area contributed by atoms with E-state index in [0.29, 0.717) is 12.6 Å². The molecule has 0 aliphatic rings. The molecule has 0 saturated heterocycles. The molecule has 1 heterocycles. The molecule has 0 bridgehead atoms. The van der Waals surface area contributed by atoms with E-state index in [9.17, 15) is 0 Å². The molecule has 0 spiro atoms. The van der Waals surface area contributed by atoms with Gasteiger partial charge < -0.3 is 10.5 Å². The van der Waals surface area contributed by atoms with E-state index in [-0.39, 0.29) is 6.10 Å². The summed E-state index contributed by atoms with van der Waals surface area (Å²) in [6, 6.07) is 2.10. The predicted molar refractivity (Wildman–Crippen MR) is 75.4 cm³/mol. The van der Waals surface area contributed by atoms with Crippen LogP contribution in [0.15, 0.2) is 16.8 Å². The van der Waals surface area contributed by atoms with E-state index >= 15 is 0 Å². The van der Waals surface area contributed by atoms with Gasteiger partial charge in [0.1, 0.15) is 0 Å². The summed E-state index contributed by atoms with van der Waals surface area (Å²) in [5, 5.41) is 4.20. The van der Waals surface area contributed by atoms with Crippen LogP contribution in [0.25, 0.3) is 0 Å². The van der Waals surface area contributed by atoms with Crippen molar-refractivity contribution < 1.29 is 4.74 Å². The maximum Gasteiger partial charge on any atom is 0.0958 e. The first-order valence-corrected chi connectivity index (χ1v) is 7.59. The number of hydrogen-bond acceptors (Lipinski definition) is 3. The summed E-state index contributed by atoms with van der Waals surface area (Å²) in [6.07, 6.45) is 6.71. The van der Waals surface area contributed by atoms with Gasteiger partial charge >= 0.3 is 0 Å². The van der Waals surface area contributed by atoms with Gasteiger partial charge in [-0.05, 0) is 35.7 Å². The maximum atomic E-state index is 6.01.